The number of benzene rings is 1. The Morgan fingerprint density at radius 2 is 2.28 bits per heavy atom. The first-order valence-corrected chi connectivity index (χ1v) is 6.35. The van der Waals surface area contributed by atoms with Gasteiger partial charge in [-0.25, -0.2) is 0 Å². The van der Waals surface area contributed by atoms with Crippen LogP contribution in [0, 0.1) is 0 Å². The lowest BCUT2D eigenvalue weighted by Gasteiger charge is -2.12. The van der Waals surface area contributed by atoms with E-state index < -0.39 is 5.97 Å². The van der Waals surface area contributed by atoms with Crippen LogP contribution in [-0.4, -0.2) is 24.2 Å². The van der Waals surface area contributed by atoms with Crippen molar-refractivity contribution in [3.63, 3.8) is 0 Å². The van der Waals surface area contributed by atoms with Crippen molar-refractivity contribution in [3.05, 3.63) is 28.8 Å². The summed E-state index contributed by atoms with van der Waals surface area (Å²) in [5.41, 5.74) is 0.946. The molecule has 1 aromatic rings. The zero-order valence-corrected chi connectivity index (χ0v) is 11.2. The molecule has 2 N–H and O–H groups in total. The van der Waals surface area contributed by atoms with Crippen molar-refractivity contribution in [2.24, 2.45) is 0 Å². The minimum Gasteiger partial charge on any atom is -0.493 e. The second-order valence-corrected chi connectivity index (χ2v) is 4.36. The molecule has 5 heteroatoms. The number of hydrogen-bond donors (Lipinski definition) is 2. The summed E-state index contributed by atoms with van der Waals surface area (Å²) in [6.07, 6.45) is 1.04. The van der Waals surface area contributed by atoms with Gasteiger partial charge in [0, 0.05) is 23.7 Å². The van der Waals surface area contributed by atoms with Gasteiger partial charge >= 0.3 is 5.97 Å². The molecule has 0 saturated carbocycles. The summed E-state index contributed by atoms with van der Waals surface area (Å²) >= 11 is 5.94. The minimum atomic E-state index is -0.809. The quantitative estimate of drug-likeness (QED) is 0.714. The van der Waals surface area contributed by atoms with Gasteiger partial charge in [-0.15, -0.1) is 0 Å². The van der Waals surface area contributed by atoms with Crippen molar-refractivity contribution in [1.29, 1.82) is 0 Å². The molecule has 0 radical (unpaired) electrons. The number of aliphatic carboxylic acids is 1. The molecule has 100 valence electrons. The lowest BCUT2D eigenvalue weighted by atomic mass is 10.2. The molecule has 0 aliphatic carbocycles. The molecule has 0 unspecified atom stereocenters. The standard InChI is InChI=1S/C13H18ClNO3/c1-2-7-18-12-4-3-11(14)8-10(12)9-15-6-5-13(16)17/h3-4,8,15H,2,5-7,9H2,1H3,(H,16,17). The van der Waals surface area contributed by atoms with Gasteiger partial charge in [-0.05, 0) is 24.6 Å². The molecule has 0 heterocycles. The molecule has 0 bridgehead atoms. The van der Waals surface area contributed by atoms with E-state index in [1.165, 1.54) is 0 Å². The van der Waals surface area contributed by atoms with Crippen LogP contribution in [0.5, 0.6) is 5.75 Å². The number of carboxylic acid groups (broad SMARTS) is 1. The second-order valence-electron chi connectivity index (χ2n) is 3.92. The Labute approximate surface area is 112 Å². The zero-order valence-electron chi connectivity index (χ0n) is 10.4. The molecule has 1 aromatic carbocycles. The van der Waals surface area contributed by atoms with E-state index in [2.05, 4.69) is 5.32 Å². The molecule has 0 saturated heterocycles. The Morgan fingerprint density at radius 1 is 1.50 bits per heavy atom. The van der Waals surface area contributed by atoms with Crippen LogP contribution in [0.2, 0.25) is 5.02 Å². The van der Waals surface area contributed by atoms with Gasteiger partial charge in [0.25, 0.3) is 0 Å². The van der Waals surface area contributed by atoms with Crippen molar-refractivity contribution in [1.82, 2.24) is 5.32 Å². The Balaban J connectivity index is 2.55. The molecule has 0 aromatic heterocycles. The smallest absolute Gasteiger partial charge is 0.304 e. The van der Waals surface area contributed by atoms with Gasteiger partial charge < -0.3 is 15.2 Å². The lowest BCUT2D eigenvalue weighted by Crippen LogP contribution is -2.18. The Hall–Kier alpha value is -1.26. The second kappa shape index (κ2) is 7.95. The van der Waals surface area contributed by atoms with Crippen molar-refractivity contribution in [3.8, 4) is 5.75 Å². The van der Waals surface area contributed by atoms with E-state index in [0.29, 0.717) is 24.7 Å². The third-order valence-corrected chi connectivity index (χ3v) is 2.55. The van der Waals surface area contributed by atoms with E-state index in [1.54, 1.807) is 6.07 Å². The summed E-state index contributed by atoms with van der Waals surface area (Å²) in [7, 11) is 0. The fourth-order valence-corrected chi connectivity index (χ4v) is 1.65. The van der Waals surface area contributed by atoms with Crippen LogP contribution >= 0.6 is 11.6 Å². The number of nitrogens with one attached hydrogen (secondary N) is 1. The predicted octanol–water partition coefficient (Wildman–Crippen LogP) is 2.69. The van der Waals surface area contributed by atoms with Crippen LogP contribution < -0.4 is 10.1 Å². The van der Waals surface area contributed by atoms with Crippen LogP contribution in [-0.2, 0) is 11.3 Å². The van der Waals surface area contributed by atoms with Crippen molar-refractivity contribution >= 4 is 17.6 Å². The normalized spacial score (nSPS) is 10.3. The highest BCUT2D eigenvalue weighted by atomic mass is 35.5. The number of carboxylic acids is 1. The van der Waals surface area contributed by atoms with Crippen LogP contribution in [0.4, 0.5) is 0 Å². The summed E-state index contributed by atoms with van der Waals surface area (Å²) in [5.74, 6) is -0.0138. The van der Waals surface area contributed by atoms with E-state index in [4.69, 9.17) is 21.4 Å². The molecule has 0 amide bonds. The van der Waals surface area contributed by atoms with Gasteiger partial charge in [-0.1, -0.05) is 18.5 Å². The van der Waals surface area contributed by atoms with Crippen molar-refractivity contribution < 1.29 is 14.6 Å². The zero-order chi connectivity index (χ0) is 13.4. The third-order valence-electron chi connectivity index (χ3n) is 2.32. The third kappa shape index (κ3) is 5.38. The maximum atomic E-state index is 10.4. The molecule has 0 aliphatic rings. The van der Waals surface area contributed by atoms with Crippen LogP contribution in [0.1, 0.15) is 25.3 Å². The molecule has 0 aliphatic heterocycles. The molecular weight excluding hydrogens is 254 g/mol. The monoisotopic (exact) mass is 271 g/mol. The summed E-state index contributed by atoms with van der Waals surface area (Å²) < 4.78 is 5.60. The van der Waals surface area contributed by atoms with Gasteiger partial charge in [0.1, 0.15) is 5.75 Å². The minimum absolute atomic E-state index is 0.103. The van der Waals surface area contributed by atoms with Gasteiger partial charge in [0.05, 0.1) is 13.0 Å². The summed E-state index contributed by atoms with van der Waals surface area (Å²) in [6, 6.07) is 5.46. The molecule has 0 fully saturated rings. The summed E-state index contributed by atoms with van der Waals surface area (Å²) in [4.78, 5) is 10.4. The van der Waals surface area contributed by atoms with Crippen LogP contribution in [0.25, 0.3) is 0 Å². The fraction of sp³-hybridized carbons (Fsp3) is 0.462. The Bertz CT molecular complexity index is 396. The molecule has 4 nitrogen and oxygen atoms in total. The Kier molecular flexibility index (Phi) is 6.54. The topological polar surface area (TPSA) is 58.6 Å². The van der Waals surface area contributed by atoms with E-state index in [9.17, 15) is 4.79 Å². The first-order chi connectivity index (χ1) is 8.63. The number of ether oxygens (including phenoxy) is 1. The molecule has 1 rings (SSSR count). The van der Waals surface area contributed by atoms with E-state index >= 15 is 0 Å². The molecule has 0 spiro atoms. The van der Waals surface area contributed by atoms with Gasteiger partial charge in [-0.3, -0.25) is 4.79 Å². The SMILES string of the molecule is CCCOc1ccc(Cl)cc1CNCCC(=O)O. The van der Waals surface area contributed by atoms with Gasteiger partial charge in [-0.2, -0.15) is 0 Å². The number of carbonyl (C=O) groups is 1. The number of hydrogen-bond acceptors (Lipinski definition) is 3. The predicted molar refractivity (Wildman–Crippen MR) is 71.2 cm³/mol. The first-order valence-electron chi connectivity index (χ1n) is 5.97. The van der Waals surface area contributed by atoms with E-state index in [-0.39, 0.29) is 6.42 Å². The lowest BCUT2D eigenvalue weighted by molar-refractivity contribution is -0.136. The van der Waals surface area contributed by atoms with Crippen molar-refractivity contribution in [2.75, 3.05) is 13.2 Å². The highest BCUT2D eigenvalue weighted by molar-refractivity contribution is 6.30. The van der Waals surface area contributed by atoms with Crippen LogP contribution in [0.3, 0.4) is 0 Å². The average molecular weight is 272 g/mol. The highest BCUT2D eigenvalue weighted by Crippen LogP contribution is 2.23. The number of halogens is 1. The average Bonchev–Trinajstić information content (AvgIpc) is 2.33. The molecular formula is C13H18ClNO3. The Morgan fingerprint density at radius 3 is 2.94 bits per heavy atom. The van der Waals surface area contributed by atoms with Gasteiger partial charge in [0.15, 0.2) is 0 Å². The van der Waals surface area contributed by atoms with Crippen molar-refractivity contribution in [2.45, 2.75) is 26.3 Å². The van der Waals surface area contributed by atoms with Gasteiger partial charge in [0.2, 0.25) is 0 Å². The van der Waals surface area contributed by atoms with E-state index in [1.807, 2.05) is 19.1 Å². The maximum absolute atomic E-state index is 10.4. The molecule has 18 heavy (non-hydrogen) atoms. The van der Waals surface area contributed by atoms with Crippen LogP contribution in [0.15, 0.2) is 18.2 Å². The number of rotatable bonds is 8. The largest absolute Gasteiger partial charge is 0.493 e. The van der Waals surface area contributed by atoms with E-state index in [0.717, 1.165) is 17.7 Å². The molecule has 0 atom stereocenters. The fourth-order valence-electron chi connectivity index (χ4n) is 1.46. The summed E-state index contributed by atoms with van der Waals surface area (Å²) in [5, 5.41) is 12.2. The summed E-state index contributed by atoms with van der Waals surface area (Å²) in [6.45, 7) is 3.67. The highest BCUT2D eigenvalue weighted by Gasteiger charge is 2.05. The first kappa shape index (κ1) is 14.8. The maximum Gasteiger partial charge on any atom is 0.304 e.